The number of para-hydroxylation sites is 2. The van der Waals surface area contributed by atoms with Gasteiger partial charge in [-0.25, -0.2) is 9.78 Å². The molecule has 8 heteroatoms. The third-order valence-electron chi connectivity index (χ3n) is 5.36. The number of carbonyl (C=O) groups is 2. The average molecular weight is 368 g/mol. The lowest BCUT2D eigenvalue weighted by molar-refractivity contribution is -0.121. The van der Waals surface area contributed by atoms with Crippen LogP contribution in [0.15, 0.2) is 30.5 Å². The fourth-order valence-corrected chi connectivity index (χ4v) is 3.70. The smallest absolute Gasteiger partial charge is 0.317 e. The van der Waals surface area contributed by atoms with Gasteiger partial charge in [-0.05, 0) is 38.8 Å². The van der Waals surface area contributed by atoms with Crippen LogP contribution in [0.5, 0.6) is 0 Å². The summed E-state index contributed by atoms with van der Waals surface area (Å²) < 4.78 is 0. The van der Waals surface area contributed by atoms with E-state index in [1.54, 1.807) is 11.1 Å². The maximum absolute atomic E-state index is 12.7. The molecule has 2 aromatic rings. The summed E-state index contributed by atoms with van der Waals surface area (Å²) in [5, 5.41) is 9.36. The van der Waals surface area contributed by atoms with Crippen molar-refractivity contribution in [1.29, 1.82) is 0 Å². The van der Waals surface area contributed by atoms with E-state index in [9.17, 15) is 9.59 Å². The first-order chi connectivity index (χ1) is 13.0. The van der Waals surface area contributed by atoms with Gasteiger partial charge in [-0.15, -0.1) is 0 Å². The molecule has 1 saturated heterocycles. The molecule has 0 unspecified atom stereocenters. The lowest BCUT2D eigenvalue weighted by Gasteiger charge is -2.44. The van der Waals surface area contributed by atoms with Gasteiger partial charge in [0.15, 0.2) is 0 Å². The Kier molecular flexibility index (Phi) is 4.25. The van der Waals surface area contributed by atoms with E-state index in [1.807, 2.05) is 38.1 Å². The second-order valence-electron chi connectivity index (χ2n) is 7.32. The van der Waals surface area contributed by atoms with E-state index in [0.29, 0.717) is 25.9 Å². The molecule has 1 atom stereocenters. The minimum Gasteiger partial charge on any atom is -0.369 e. The summed E-state index contributed by atoms with van der Waals surface area (Å²) >= 11 is 0. The molecule has 1 aromatic carbocycles. The number of likely N-dealkylation sites (tertiary alicyclic amines) is 1. The number of nitrogens with zero attached hydrogens (tertiary/aromatic N) is 2. The van der Waals surface area contributed by atoms with Gasteiger partial charge in [-0.2, -0.15) is 0 Å². The maximum atomic E-state index is 12.7. The number of nitrogens with one attached hydrogen (secondary N) is 4. The Labute approximate surface area is 157 Å². The number of aryl methyl sites for hydroxylation is 1. The first kappa shape index (κ1) is 17.4. The van der Waals surface area contributed by atoms with Crippen LogP contribution in [-0.2, 0) is 4.79 Å². The number of rotatable bonds is 2. The molecule has 2 aliphatic heterocycles. The second-order valence-corrected chi connectivity index (χ2v) is 7.32. The summed E-state index contributed by atoms with van der Waals surface area (Å²) in [5.41, 5.74) is 2.03. The van der Waals surface area contributed by atoms with Crippen molar-refractivity contribution in [3.63, 3.8) is 0 Å². The minimum absolute atomic E-state index is 0.0271. The Balaban J connectivity index is 1.39. The predicted molar refractivity (Wildman–Crippen MR) is 103 cm³/mol. The van der Waals surface area contributed by atoms with Gasteiger partial charge in [-0.3, -0.25) is 4.79 Å². The molecule has 1 fully saturated rings. The number of aromatic nitrogens is 2. The quantitative estimate of drug-likeness (QED) is 0.654. The summed E-state index contributed by atoms with van der Waals surface area (Å²) in [6, 6.07) is 7.34. The molecule has 4 N–H and O–H groups in total. The highest BCUT2D eigenvalue weighted by Gasteiger charge is 2.45. The zero-order chi connectivity index (χ0) is 19.0. The standard InChI is InChI=1S/C19H24N6O2/c1-12-11-20-16(21-12)13(2)22-18(27)25-9-7-19(8-10-25)17(26)23-14-5-3-4-6-15(14)24-19/h3-6,11,13,24H,7-10H2,1-2H3,(H,20,21)(H,22,27)(H,23,26)/t13-/m0/s1. The Hall–Kier alpha value is -3.03. The lowest BCUT2D eigenvalue weighted by atomic mass is 9.84. The number of H-pyrrole nitrogens is 1. The van der Waals surface area contributed by atoms with Crippen LogP contribution in [0.1, 0.15) is 37.3 Å². The van der Waals surface area contributed by atoms with Crippen molar-refractivity contribution >= 4 is 23.3 Å². The molecule has 4 rings (SSSR count). The van der Waals surface area contributed by atoms with E-state index in [1.165, 1.54) is 0 Å². The molecule has 27 heavy (non-hydrogen) atoms. The number of piperidine rings is 1. The molecule has 1 aromatic heterocycles. The Bertz CT molecular complexity index is 869. The van der Waals surface area contributed by atoms with Crippen molar-refractivity contribution in [3.05, 3.63) is 42.0 Å². The molecule has 142 valence electrons. The van der Waals surface area contributed by atoms with Gasteiger partial charge < -0.3 is 25.8 Å². The van der Waals surface area contributed by atoms with Gasteiger partial charge in [0, 0.05) is 25.0 Å². The number of carbonyl (C=O) groups excluding carboxylic acids is 2. The monoisotopic (exact) mass is 368 g/mol. The highest BCUT2D eigenvalue weighted by atomic mass is 16.2. The second kappa shape index (κ2) is 6.61. The number of amides is 3. The van der Waals surface area contributed by atoms with Crippen molar-refractivity contribution in [1.82, 2.24) is 20.2 Å². The van der Waals surface area contributed by atoms with Crippen LogP contribution in [0.25, 0.3) is 0 Å². The SMILES string of the molecule is Cc1cnc([C@H](C)NC(=O)N2CCC3(CC2)Nc2ccccc2NC3=O)[nH]1. The Morgan fingerprint density at radius 2 is 1.96 bits per heavy atom. The van der Waals surface area contributed by atoms with Crippen LogP contribution in [0.2, 0.25) is 0 Å². The van der Waals surface area contributed by atoms with Crippen molar-refractivity contribution < 1.29 is 9.59 Å². The summed E-state index contributed by atoms with van der Waals surface area (Å²) in [6.07, 6.45) is 2.87. The number of aromatic amines is 1. The largest absolute Gasteiger partial charge is 0.369 e. The molecule has 0 aliphatic carbocycles. The van der Waals surface area contributed by atoms with E-state index < -0.39 is 5.54 Å². The average Bonchev–Trinajstić information content (AvgIpc) is 3.10. The van der Waals surface area contributed by atoms with Gasteiger partial charge in [0.2, 0.25) is 5.91 Å². The number of imidazole rings is 1. The predicted octanol–water partition coefficient (Wildman–Crippen LogP) is 2.39. The fraction of sp³-hybridized carbons (Fsp3) is 0.421. The number of hydrogen-bond acceptors (Lipinski definition) is 4. The van der Waals surface area contributed by atoms with Crippen LogP contribution in [0, 0.1) is 6.92 Å². The van der Waals surface area contributed by atoms with E-state index in [2.05, 4.69) is 25.9 Å². The molecule has 0 radical (unpaired) electrons. The number of benzene rings is 1. The molecule has 3 heterocycles. The van der Waals surface area contributed by atoms with E-state index in [-0.39, 0.29) is 18.0 Å². The molecular weight excluding hydrogens is 344 g/mol. The van der Waals surface area contributed by atoms with Gasteiger partial charge in [0.25, 0.3) is 0 Å². The van der Waals surface area contributed by atoms with Gasteiger partial charge >= 0.3 is 6.03 Å². The molecular formula is C19H24N6O2. The third-order valence-corrected chi connectivity index (χ3v) is 5.36. The first-order valence-corrected chi connectivity index (χ1v) is 9.22. The fourth-order valence-electron chi connectivity index (χ4n) is 3.70. The van der Waals surface area contributed by atoms with E-state index >= 15 is 0 Å². The zero-order valence-electron chi connectivity index (χ0n) is 15.5. The van der Waals surface area contributed by atoms with Crippen molar-refractivity contribution in [2.24, 2.45) is 0 Å². The maximum Gasteiger partial charge on any atom is 0.317 e. The minimum atomic E-state index is -0.658. The van der Waals surface area contributed by atoms with E-state index in [4.69, 9.17) is 0 Å². The van der Waals surface area contributed by atoms with Gasteiger partial charge in [0.1, 0.15) is 11.4 Å². The van der Waals surface area contributed by atoms with E-state index in [0.717, 1.165) is 22.9 Å². The van der Waals surface area contributed by atoms with Gasteiger partial charge in [0.05, 0.1) is 17.4 Å². The normalized spacial score (nSPS) is 19.0. The molecule has 0 saturated carbocycles. The summed E-state index contributed by atoms with van der Waals surface area (Å²) in [4.78, 5) is 34.4. The van der Waals surface area contributed by atoms with Crippen LogP contribution in [-0.4, -0.2) is 45.4 Å². The molecule has 8 nitrogen and oxygen atoms in total. The lowest BCUT2D eigenvalue weighted by Crippen LogP contribution is -2.60. The van der Waals surface area contributed by atoms with Gasteiger partial charge in [-0.1, -0.05) is 12.1 Å². The molecule has 2 aliphatic rings. The number of urea groups is 1. The molecule has 0 bridgehead atoms. The molecule has 1 spiro atoms. The van der Waals surface area contributed by atoms with Crippen LogP contribution < -0.4 is 16.0 Å². The number of hydrogen-bond donors (Lipinski definition) is 4. The van der Waals surface area contributed by atoms with Crippen LogP contribution in [0.4, 0.5) is 16.2 Å². The molecule has 3 amide bonds. The summed E-state index contributed by atoms with van der Waals surface area (Å²) in [5.74, 6) is 0.708. The highest BCUT2D eigenvalue weighted by molar-refractivity contribution is 6.06. The Morgan fingerprint density at radius 1 is 1.26 bits per heavy atom. The highest BCUT2D eigenvalue weighted by Crippen LogP contribution is 2.36. The van der Waals surface area contributed by atoms with Crippen LogP contribution >= 0.6 is 0 Å². The van der Waals surface area contributed by atoms with Crippen molar-refractivity contribution in [2.45, 2.75) is 38.3 Å². The number of anilines is 2. The first-order valence-electron chi connectivity index (χ1n) is 9.22. The van der Waals surface area contributed by atoms with Crippen molar-refractivity contribution in [2.75, 3.05) is 23.7 Å². The zero-order valence-corrected chi connectivity index (χ0v) is 15.5. The summed E-state index contributed by atoms with van der Waals surface area (Å²) in [7, 11) is 0. The summed E-state index contributed by atoms with van der Waals surface area (Å²) in [6.45, 7) is 4.85. The Morgan fingerprint density at radius 3 is 2.63 bits per heavy atom. The third kappa shape index (κ3) is 3.22. The topological polar surface area (TPSA) is 102 Å². The number of fused-ring (bicyclic) bond motifs is 1. The van der Waals surface area contributed by atoms with Crippen molar-refractivity contribution in [3.8, 4) is 0 Å². The van der Waals surface area contributed by atoms with Crippen LogP contribution in [0.3, 0.4) is 0 Å².